The van der Waals surface area contributed by atoms with E-state index in [0.29, 0.717) is 5.02 Å². The minimum absolute atomic E-state index is 0.0290. The summed E-state index contributed by atoms with van der Waals surface area (Å²) in [5, 5.41) is 11.1. The predicted octanol–water partition coefficient (Wildman–Crippen LogP) is 2.00. The molecule has 1 unspecified atom stereocenters. The molecule has 0 saturated heterocycles. The van der Waals surface area contributed by atoms with E-state index in [9.17, 15) is 18.0 Å². The van der Waals surface area contributed by atoms with Gasteiger partial charge in [0.2, 0.25) is 0 Å². The van der Waals surface area contributed by atoms with Crippen molar-refractivity contribution in [3.8, 4) is 5.75 Å². The molecule has 0 aliphatic carbocycles. The number of aliphatic hydroxyl groups excluding tert-OH is 1. The predicted molar refractivity (Wildman–Crippen MR) is 62.4 cm³/mol. The monoisotopic (exact) mass is 297 g/mol. The van der Waals surface area contributed by atoms with Gasteiger partial charge in [-0.05, 0) is 18.2 Å². The summed E-state index contributed by atoms with van der Waals surface area (Å²) >= 11 is 5.69. The Morgan fingerprint density at radius 1 is 1.53 bits per heavy atom. The van der Waals surface area contributed by atoms with E-state index in [4.69, 9.17) is 21.4 Å². The van der Waals surface area contributed by atoms with Gasteiger partial charge in [-0.1, -0.05) is 11.6 Å². The number of nitrogens with one attached hydrogen (secondary N) is 1. The fraction of sp³-hybridized carbons (Fsp3) is 0.364. The highest BCUT2D eigenvalue weighted by Gasteiger charge is 2.38. The first kappa shape index (κ1) is 15.6. The largest absolute Gasteiger partial charge is 0.496 e. The summed E-state index contributed by atoms with van der Waals surface area (Å²) in [5.74, 6) is -0.664. The van der Waals surface area contributed by atoms with E-state index in [1.165, 1.54) is 25.3 Å². The molecule has 0 heterocycles. The van der Waals surface area contributed by atoms with E-state index in [1.54, 1.807) is 0 Å². The maximum Gasteiger partial charge on any atom is 0.416 e. The zero-order chi connectivity index (χ0) is 14.6. The van der Waals surface area contributed by atoms with Gasteiger partial charge in [-0.15, -0.1) is 0 Å². The molecule has 0 aliphatic heterocycles. The number of hydrogen-bond donors (Lipinski definition) is 2. The third-order valence-corrected chi connectivity index (χ3v) is 2.48. The van der Waals surface area contributed by atoms with Crippen LogP contribution in [0.25, 0.3) is 0 Å². The molecule has 19 heavy (non-hydrogen) atoms. The van der Waals surface area contributed by atoms with E-state index in [1.807, 2.05) is 5.32 Å². The highest BCUT2D eigenvalue weighted by atomic mass is 35.5. The van der Waals surface area contributed by atoms with Crippen LogP contribution in [0.15, 0.2) is 18.2 Å². The van der Waals surface area contributed by atoms with E-state index in [2.05, 4.69) is 0 Å². The molecule has 1 aromatic carbocycles. The second-order valence-corrected chi connectivity index (χ2v) is 4.05. The zero-order valence-electron chi connectivity index (χ0n) is 9.79. The molecule has 0 aliphatic rings. The summed E-state index contributed by atoms with van der Waals surface area (Å²) in [6, 6.07) is 4.08. The van der Waals surface area contributed by atoms with Gasteiger partial charge in [-0.25, -0.2) is 0 Å². The molecular weight excluding hydrogens is 287 g/mol. The first-order valence-corrected chi connectivity index (χ1v) is 5.50. The molecule has 0 fully saturated rings. The lowest BCUT2D eigenvalue weighted by atomic mass is 10.2. The lowest BCUT2D eigenvalue weighted by Gasteiger charge is -2.15. The lowest BCUT2D eigenvalue weighted by molar-refractivity contribution is -0.201. The second kappa shape index (κ2) is 6.12. The number of aliphatic hydroxyl groups is 1. The minimum Gasteiger partial charge on any atom is -0.496 e. The van der Waals surface area contributed by atoms with Gasteiger partial charge in [0.15, 0.2) is 6.10 Å². The number of alkyl halides is 3. The van der Waals surface area contributed by atoms with Crippen LogP contribution >= 0.6 is 11.6 Å². The Bertz CT molecular complexity index is 465. The smallest absolute Gasteiger partial charge is 0.416 e. The summed E-state index contributed by atoms with van der Waals surface area (Å²) in [4.78, 5) is 11.7. The maximum absolute atomic E-state index is 12.1. The van der Waals surface area contributed by atoms with Crippen molar-refractivity contribution in [2.24, 2.45) is 0 Å². The number of hydrogen-bond acceptors (Lipinski definition) is 3. The van der Waals surface area contributed by atoms with Gasteiger partial charge in [0.1, 0.15) is 5.75 Å². The number of halogens is 4. The topological polar surface area (TPSA) is 58.6 Å². The molecule has 0 radical (unpaired) electrons. The van der Waals surface area contributed by atoms with Gasteiger partial charge >= 0.3 is 6.18 Å². The van der Waals surface area contributed by atoms with Crippen LogP contribution in [0.1, 0.15) is 10.4 Å². The standard InChI is InChI=1S/C11H11ClF3NO3/c1-19-8-4-6(12)2-3-7(8)10(18)16-5-9(17)11(13,14)15/h2-4,9,17H,5H2,1H3,(H,16,18). The van der Waals surface area contributed by atoms with Crippen molar-refractivity contribution in [3.63, 3.8) is 0 Å². The van der Waals surface area contributed by atoms with Crippen molar-refractivity contribution in [2.45, 2.75) is 12.3 Å². The Hall–Kier alpha value is -1.47. The number of methoxy groups -OCH3 is 1. The molecule has 8 heteroatoms. The molecule has 2 N–H and O–H groups in total. The molecule has 1 amide bonds. The van der Waals surface area contributed by atoms with Crippen LogP contribution in [0.3, 0.4) is 0 Å². The Morgan fingerprint density at radius 2 is 2.16 bits per heavy atom. The fourth-order valence-electron chi connectivity index (χ4n) is 1.25. The normalized spacial score (nSPS) is 12.9. The van der Waals surface area contributed by atoms with E-state index >= 15 is 0 Å². The van der Waals surface area contributed by atoms with Crippen molar-refractivity contribution in [1.29, 1.82) is 0 Å². The van der Waals surface area contributed by atoms with Gasteiger partial charge in [0, 0.05) is 5.02 Å². The first-order valence-electron chi connectivity index (χ1n) is 5.12. The van der Waals surface area contributed by atoms with E-state index < -0.39 is 24.7 Å². The summed E-state index contributed by atoms with van der Waals surface area (Å²) in [5.41, 5.74) is 0.0290. The summed E-state index contributed by atoms with van der Waals surface area (Å²) in [6.07, 6.45) is -7.40. The quantitative estimate of drug-likeness (QED) is 0.894. The molecule has 4 nitrogen and oxygen atoms in total. The minimum atomic E-state index is -4.78. The molecule has 0 saturated carbocycles. The lowest BCUT2D eigenvalue weighted by Crippen LogP contribution is -2.40. The molecule has 1 aromatic rings. The summed E-state index contributed by atoms with van der Waals surface area (Å²) in [7, 11) is 1.30. The third kappa shape index (κ3) is 4.29. The number of rotatable bonds is 4. The average Bonchev–Trinajstić information content (AvgIpc) is 2.33. The van der Waals surface area contributed by atoms with E-state index in [-0.39, 0.29) is 11.3 Å². The molecule has 0 spiro atoms. The summed E-state index contributed by atoms with van der Waals surface area (Å²) in [6.45, 7) is -0.936. The summed E-state index contributed by atoms with van der Waals surface area (Å²) < 4.78 is 41.1. The highest BCUT2D eigenvalue weighted by Crippen LogP contribution is 2.23. The molecular formula is C11H11ClF3NO3. The number of ether oxygens (including phenoxy) is 1. The van der Waals surface area contributed by atoms with Crippen molar-refractivity contribution >= 4 is 17.5 Å². The Balaban J connectivity index is 2.74. The van der Waals surface area contributed by atoms with E-state index in [0.717, 1.165) is 0 Å². The van der Waals surface area contributed by atoms with Crippen molar-refractivity contribution in [3.05, 3.63) is 28.8 Å². The average molecular weight is 298 g/mol. The SMILES string of the molecule is COc1cc(Cl)ccc1C(=O)NCC(O)C(F)(F)F. The van der Waals surface area contributed by atoms with Crippen molar-refractivity contribution in [2.75, 3.05) is 13.7 Å². The first-order chi connectivity index (χ1) is 8.75. The van der Waals surface area contributed by atoms with Crippen LogP contribution in [-0.4, -0.2) is 36.9 Å². The zero-order valence-corrected chi connectivity index (χ0v) is 10.5. The van der Waals surface area contributed by atoms with Gasteiger partial charge in [0.05, 0.1) is 19.2 Å². The van der Waals surface area contributed by atoms with Gasteiger partial charge in [0.25, 0.3) is 5.91 Å². The Kier molecular flexibility index (Phi) is 5.02. The number of benzene rings is 1. The van der Waals surface area contributed by atoms with Crippen molar-refractivity contribution < 1.29 is 27.8 Å². The van der Waals surface area contributed by atoms with Gasteiger partial charge in [-0.3, -0.25) is 4.79 Å². The number of amides is 1. The number of carbonyl (C=O) groups excluding carboxylic acids is 1. The van der Waals surface area contributed by atoms with Crippen LogP contribution in [0.2, 0.25) is 5.02 Å². The van der Waals surface area contributed by atoms with Gasteiger partial charge in [-0.2, -0.15) is 13.2 Å². The highest BCUT2D eigenvalue weighted by molar-refractivity contribution is 6.30. The Labute approximate surface area is 112 Å². The molecule has 1 rings (SSSR count). The Morgan fingerprint density at radius 3 is 2.68 bits per heavy atom. The van der Waals surface area contributed by atoms with Crippen molar-refractivity contribution in [1.82, 2.24) is 5.32 Å². The third-order valence-electron chi connectivity index (χ3n) is 2.24. The molecule has 0 bridgehead atoms. The molecule has 106 valence electrons. The van der Waals surface area contributed by atoms with Crippen LogP contribution in [0.5, 0.6) is 5.75 Å². The number of carbonyl (C=O) groups is 1. The van der Waals surface area contributed by atoms with Crippen LogP contribution in [0, 0.1) is 0 Å². The van der Waals surface area contributed by atoms with Gasteiger partial charge < -0.3 is 15.2 Å². The van der Waals surface area contributed by atoms with Crippen LogP contribution < -0.4 is 10.1 Å². The van der Waals surface area contributed by atoms with Crippen LogP contribution in [0.4, 0.5) is 13.2 Å². The maximum atomic E-state index is 12.1. The fourth-order valence-corrected chi connectivity index (χ4v) is 1.42. The van der Waals surface area contributed by atoms with Crippen LogP contribution in [-0.2, 0) is 0 Å². The molecule has 0 aromatic heterocycles. The molecule has 1 atom stereocenters. The second-order valence-electron chi connectivity index (χ2n) is 3.61.